The van der Waals surface area contributed by atoms with E-state index < -0.39 is 0 Å². The van der Waals surface area contributed by atoms with Gasteiger partial charge in [0.2, 0.25) is 0 Å². The Hall–Kier alpha value is -8.01. The lowest BCUT2D eigenvalue weighted by atomic mass is 9.68. The number of hydrogen-bond donors (Lipinski definition) is 0. The van der Waals surface area contributed by atoms with E-state index in [9.17, 15) is 0 Å². The Morgan fingerprint density at radius 3 is 2.15 bits per heavy atom. The third kappa shape index (κ3) is 5.79. The van der Waals surface area contributed by atoms with Gasteiger partial charge in [0.1, 0.15) is 0 Å². The maximum atomic E-state index is 5.44. The third-order valence-electron chi connectivity index (χ3n) is 14.8. The normalized spacial score (nSPS) is 16.8. The van der Waals surface area contributed by atoms with Gasteiger partial charge >= 0.3 is 0 Å². The summed E-state index contributed by atoms with van der Waals surface area (Å²) in [4.78, 5) is 16.1. The molecule has 3 heteroatoms. The molecule has 2 aromatic heterocycles. The fourth-order valence-corrected chi connectivity index (χ4v) is 11.6. The molecule has 1 aliphatic heterocycles. The Kier molecular flexibility index (Phi) is 8.36. The fourth-order valence-electron chi connectivity index (χ4n) is 11.6. The summed E-state index contributed by atoms with van der Waals surface area (Å²) in [5.74, 6) is 0.501. The van der Waals surface area contributed by atoms with Gasteiger partial charge in [0, 0.05) is 39.4 Å². The molecule has 0 saturated carbocycles. The number of para-hydroxylation sites is 1. The van der Waals surface area contributed by atoms with E-state index in [1.807, 2.05) is 0 Å². The minimum Gasteiger partial charge on any atom is -0.250 e. The minimum absolute atomic E-state index is 0.218. The number of aromatic nitrogens is 2. The molecule has 0 amide bonds. The molecule has 0 radical (unpaired) electrons. The summed E-state index contributed by atoms with van der Waals surface area (Å²) >= 11 is 0. The van der Waals surface area contributed by atoms with Crippen molar-refractivity contribution in [3.8, 4) is 44.8 Å². The van der Waals surface area contributed by atoms with E-state index in [2.05, 4.69) is 200 Å². The molecule has 3 aliphatic carbocycles. The summed E-state index contributed by atoms with van der Waals surface area (Å²) in [5.41, 5.74) is 21.5. The predicted molar refractivity (Wildman–Crippen MR) is 276 cm³/mol. The van der Waals surface area contributed by atoms with Crippen molar-refractivity contribution in [1.82, 2.24) is 9.97 Å². The highest BCUT2D eigenvalue weighted by Gasteiger charge is 2.35. The van der Waals surface area contributed by atoms with E-state index in [1.165, 1.54) is 82.6 Å². The molecule has 2 atom stereocenters. The Morgan fingerprint density at radius 2 is 1.24 bits per heavy atom. The highest BCUT2D eigenvalue weighted by molar-refractivity contribution is 6.15. The van der Waals surface area contributed by atoms with Gasteiger partial charge in [-0.15, -0.1) is 0 Å². The molecule has 10 aromatic rings. The van der Waals surface area contributed by atoms with Crippen molar-refractivity contribution in [3.05, 3.63) is 228 Å². The van der Waals surface area contributed by atoms with Crippen LogP contribution in [-0.4, -0.2) is 15.7 Å². The van der Waals surface area contributed by atoms with Gasteiger partial charge in [0.05, 0.1) is 28.1 Å². The molecule has 0 bridgehead atoms. The third-order valence-corrected chi connectivity index (χ3v) is 14.8. The number of benzene rings is 8. The second-order valence-electron chi connectivity index (χ2n) is 18.4. The molecule has 8 aromatic carbocycles. The zero-order valence-electron chi connectivity index (χ0n) is 36.4. The van der Waals surface area contributed by atoms with Gasteiger partial charge in [-0.05, 0) is 127 Å². The first kappa shape index (κ1) is 37.4. The van der Waals surface area contributed by atoms with Crippen molar-refractivity contribution >= 4 is 60.8 Å². The van der Waals surface area contributed by atoms with Crippen LogP contribution in [0.1, 0.15) is 58.1 Å². The molecule has 3 nitrogen and oxygen atoms in total. The molecule has 66 heavy (non-hydrogen) atoms. The zero-order chi connectivity index (χ0) is 43.3. The van der Waals surface area contributed by atoms with Crippen LogP contribution in [0.25, 0.3) is 94.2 Å². The van der Waals surface area contributed by atoms with Crippen LogP contribution >= 0.6 is 0 Å². The monoisotopic (exact) mass is 841 g/mol. The zero-order valence-corrected chi connectivity index (χ0v) is 36.4. The van der Waals surface area contributed by atoms with Crippen LogP contribution in [0.2, 0.25) is 0 Å². The van der Waals surface area contributed by atoms with Gasteiger partial charge in [0.15, 0.2) is 0 Å². The summed E-state index contributed by atoms with van der Waals surface area (Å²) in [5, 5.41) is 7.53. The molecule has 2 unspecified atom stereocenters. The van der Waals surface area contributed by atoms with Gasteiger partial charge in [-0.3, -0.25) is 4.99 Å². The van der Waals surface area contributed by atoms with Gasteiger partial charge < -0.3 is 0 Å². The largest absolute Gasteiger partial charge is 0.250 e. The lowest BCUT2D eigenvalue weighted by Gasteiger charge is -2.35. The minimum atomic E-state index is 0.218. The van der Waals surface area contributed by atoms with E-state index in [0.717, 1.165) is 76.0 Å². The van der Waals surface area contributed by atoms with Crippen molar-refractivity contribution in [1.29, 1.82) is 0 Å². The summed E-state index contributed by atoms with van der Waals surface area (Å²) < 4.78 is 0. The van der Waals surface area contributed by atoms with E-state index in [0.29, 0.717) is 0 Å². The van der Waals surface area contributed by atoms with Gasteiger partial charge in [0.25, 0.3) is 0 Å². The molecule has 14 rings (SSSR count). The van der Waals surface area contributed by atoms with Crippen molar-refractivity contribution in [2.75, 3.05) is 0 Å². The van der Waals surface area contributed by atoms with Crippen LogP contribution < -0.4 is 0 Å². The Labute approximate surface area is 383 Å². The number of fused-ring (bicyclic) bond motifs is 17. The van der Waals surface area contributed by atoms with E-state index >= 15 is 0 Å². The van der Waals surface area contributed by atoms with Gasteiger partial charge in [-0.25, -0.2) is 9.97 Å². The Bertz CT molecular complexity index is 3810. The SMILES string of the molecule is C1=CC2c3ccccc3-c3c(c(-c4ccc(-c5ccc6c(c5)c5c(c7cc(-c8ccc9ccc%10c(c9n8)N=C(c8ccccc8)CC%10)ccc76)C=CCC5)cc4)nc4ccccc34)C2C=C1. The lowest BCUT2D eigenvalue weighted by molar-refractivity contribution is 0.720. The maximum Gasteiger partial charge on any atom is 0.0968 e. The molecule has 3 heterocycles. The number of allylic oxidation sites excluding steroid dienone is 5. The highest BCUT2D eigenvalue weighted by atomic mass is 14.8. The van der Waals surface area contributed by atoms with E-state index in [-0.39, 0.29) is 11.8 Å². The van der Waals surface area contributed by atoms with E-state index in [4.69, 9.17) is 15.0 Å². The van der Waals surface area contributed by atoms with Crippen LogP contribution in [0.4, 0.5) is 5.69 Å². The van der Waals surface area contributed by atoms with E-state index in [1.54, 1.807) is 0 Å². The first-order valence-corrected chi connectivity index (χ1v) is 23.4. The molecule has 4 aliphatic rings. The standard InChI is InChI=1S/C63H43N3/c1-2-12-39(13-3-1)56-34-30-41-26-27-42-31-35-57(65-63(42)62(41)64-56)44-29-33-50-49-32-28-43(36-54(49)47-16-4-5-17-48(47)55(50)37-44)38-22-24-40(25-23-38)61-60-52-19-9-7-15-46(52)45-14-6-8-18-51(45)59(60)53-20-10-11-21-58(53)66-61/h1-3,5-15,17-29,31-33,35-37,46,52H,4,16,30,34H2. The first-order chi connectivity index (χ1) is 32.7. The van der Waals surface area contributed by atoms with Crippen LogP contribution in [0, 0.1) is 0 Å². The van der Waals surface area contributed by atoms with Crippen LogP contribution in [-0.2, 0) is 12.8 Å². The summed E-state index contributed by atoms with van der Waals surface area (Å²) in [6.45, 7) is 0. The number of nitrogens with zero attached hydrogens (tertiary/aromatic N) is 3. The molecule has 310 valence electrons. The molecule has 0 saturated heterocycles. The summed E-state index contributed by atoms with van der Waals surface area (Å²) in [6.07, 6.45) is 17.8. The fraction of sp³-hybridized carbons (Fsp3) is 0.0952. The van der Waals surface area contributed by atoms with Crippen molar-refractivity contribution in [2.24, 2.45) is 4.99 Å². The van der Waals surface area contributed by atoms with Crippen molar-refractivity contribution < 1.29 is 0 Å². The van der Waals surface area contributed by atoms with Crippen LogP contribution in [0.15, 0.2) is 199 Å². The van der Waals surface area contributed by atoms with Gasteiger partial charge in [-0.1, -0.05) is 176 Å². The average molecular weight is 842 g/mol. The second-order valence-corrected chi connectivity index (χ2v) is 18.4. The predicted octanol–water partition coefficient (Wildman–Crippen LogP) is 16.1. The first-order valence-electron chi connectivity index (χ1n) is 23.4. The lowest BCUT2D eigenvalue weighted by Crippen LogP contribution is -2.18. The summed E-state index contributed by atoms with van der Waals surface area (Å²) in [7, 11) is 0. The number of aliphatic imine (C=N–C) groups is 1. The maximum absolute atomic E-state index is 5.44. The molecular weight excluding hydrogens is 799 g/mol. The molecule has 0 spiro atoms. The number of hydrogen-bond acceptors (Lipinski definition) is 3. The summed E-state index contributed by atoms with van der Waals surface area (Å²) in [6, 6.07) is 60.3. The molecule has 0 fully saturated rings. The highest BCUT2D eigenvalue weighted by Crippen LogP contribution is 2.54. The van der Waals surface area contributed by atoms with Crippen LogP contribution in [0.3, 0.4) is 0 Å². The van der Waals surface area contributed by atoms with Gasteiger partial charge in [-0.2, -0.15) is 0 Å². The number of aryl methyl sites for hydroxylation is 2. The molecule has 0 N–H and O–H groups in total. The van der Waals surface area contributed by atoms with Crippen LogP contribution in [0.5, 0.6) is 0 Å². The Balaban J connectivity index is 0.855. The second kappa shape index (κ2) is 14.8. The Morgan fingerprint density at radius 1 is 0.500 bits per heavy atom. The van der Waals surface area contributed by atoms with Crippen molar-refractivity contribution in [2.45, 2.75) is 37.5 Å². The smallest absolute Gasteiger partial charge is 0.0968 e. The van der Waals surface area contributed by atoms with Crippen molar-refractivity contribution in [3.63, 3.8) is 0 Å². The molecular formula is C63H43N3. The average Bonchev–Trinajstić information content (AvgIpc) is 3.40. The number of pyridine rings is 2. The number of rotatable bonds is 4. The topological polar surface area (TPSA) is 38.1 Å². The quantitative estimate of drug-likeness (QED) is 0.166.